The summed E-state index contributed by atoms with van der Waals surface area (Å²) in [5.74, 6) is 0.944. The smallest absolute Gasteiger partial charge is 0.277 e. The van der Waals surface area contributed by atoms with Crippen LogP contribution in [-0.2, 0) is 11.2 Å². The number of carbonyl (C=O) groups is 1. The number of carbonyl (C=O) groups excluding carboxylic acids is 1. The van der Waals surface area contributed by atoms with Crippen molar-refractivity contribution in [3.05, 3.63) is 35.9 Å². The number of nitrogens with one attached hydrogen (secondary N) is 2. The Morgan fingerprint density at radius 2 is 1.95 bits per heavy atom. The molecule has 0 radical (unpaired) electrons. The Bertz CT molecular complexity index is 396. The van der Waals surface area contributed by atoms with E-state index < -0.39 is 0 Å². The largest absolute Gasteiger partial charge is 0.354 e. The third-order valence-corrected chi connectivity index (χ3v) is 4.37. The third-order valence-electron chi connectivity index (χ3n) is 4.37. The van der Waals surface area contributed by atoms with Gasteiger partial charge < -0.3 is 10.2 Å². The van der Waals surface area contributed by atoms with Gasteiger partial charge >= 0.3 is 0 Å². The summed E-state index contributed by atoms with van der Waals surface area (Å²) in [6.07, 6.45) is 3.64. The van der Waals surface area contributed by atoms with E-state index in [1.807, 2.05) is 6.92 Å². The SMILES string of the molecule is CNC(=O)[C@H](C)[NH+]1CCC(Cc2ccccc2)CC1. The number of hydrogen-bond acceptors (Lipinski definition) is 1. The van der Waals surface area contributed by atoms with Crippen LogP contribution in [0.5, 0.6) is 0 Å². The van der Waals surface area contributed by atoms with Crippen molar-refractivity contribution in [1.29, 1.82) is 0 Å². The highest BCUT2D eigenvalue weighted by Gasteiger charge is 2.29. The molecular formula is C16H25N2O+. The Morgan fingerprint density at radius 3 is 2.53 bits per heavy atom. The van der Waals surface area contributed by atoms with Gasteiger partial charge in [0.2, 0.25) is 0 Å². The average Bonchev–Trinajstić information content (AvgIpc) is 2.47. The molecule has 1 heterocycles. The van der Waals surface area contributed by atoms with Crippen LogP contribution in [-0.4, -0.2) is 32.1 Å². The molecule has 1 aliphatic heterocycles. The Hall–Kier alpha value is -1.35. The van der Waals surface area contributed by atoms with Gasteiger partial charge in [-0.2, -0.15) is 0 Å². The van der Waals surface area contributed by atoms with E-state index in [4.69, 9.17) is 0 Å². The molecule has 2 N–H and O–H groups in total. The number of amides is 1. The van der Waals surface area contributed by atoms with Crippen molar-refractivity contribution in [2.45, 2.75) is 32.2 Å². The third kappa shape index (κ3) is 3.80. The zero-order valence-corrected chi connectivity index (χ0v) is 12.0. The van der Waals surface area contributed by atoms with Crippen molar-refractivity contribution in [1.82, 2.24) is 5.32 Å². The minimum atomic E-state index is 0.0858. The minimum Gasteiger partial charge on any atom is -0.354 e. The zero-order valence-electron chi connectivity index (χ0n) is 12.0. The quantitative estimate of drug-likeness (QED) is 0.820. The molecular weight excluding hydrogens is 236 g/mol. The van der Waals surface area contributed by atoms with Crippen LogP contribution in [0.25, 0.3) is 0 Å². The van der Waals surface area contributed by atoms with Crippen LogP contribution in [0, 0.1) is 5.92 Å². The fourth-order valence-electron chi connectivity index (χ4n) is 3.03. The van der Waals surface area contributed by atoms with Crippen molar-refractivity contribution in [2.75, 3.05) is 20.1 Å². The molecule has 1 fully saturated rings. The number of quaternary nitrogens is 1. The van der Waals surface area contributed by atoms with E-state index in [9.17, 15) is 4.79 Å². The Labute approximate surface area is 116 Å². The number of rotatable bonds is 4. The maximum absolute atomic E-state index is 11.7. The number of benzene rings is 1. The average molecular weight is 261 g/mol. The molecule has 0 spiro atoms. The summed E-state index contributed by atoms with van der Waals surface area (Å²) >= 11 is 0. The fraction of sp³-hybridized carbons (Fsp3) is 0.562. The normalized spacial score (nSPS) is 24.7. The van der Waals surface area contributed by atoms with Crippen molar-refractivity contribution in [3.8, 4) is 0 Å². The molecule has 1 aliphatic rings. The standard InChI is InChI=1S/C16H24N2O/c1-13(16(19)17-2)18-10-8-15(9-11-18)12-14-6-4-3-5-7-14/h3-7,13,15H,8-12H2,1-2H3,(H,17,19)/p+1/t13-/m0/s1. The monoisotopic (exact) mass is 261 g/mol. The second-order valence-corrected chi connectivity index (χ2v) is 5.63. The van der Waals surface area contributed by atoms with E-state index in [-0.39, 0.29) is 11.9 Å². The van der Waals surface area contributed by atoms with Crippen LogP contribution in [0.2, 0.25) is 0 Å². The van der Waals surface area contributed by atoms with Gasteiger partial charge in [-0.25, -0.2) is 0 Å². The van der Waals surface area contributed by atoms with E-state index in [0.717, 1.165) is 19.0 Å². The number of hydrogen-bond donors (Lipinski definition) is 2. The summed E-state index contributed by atoms with van der Waals surface area (Å²) in [4.78, 5) is 13.1. The molecule has 0 aromatic heterocycles. The highest BCUT2D eigenvalue weighted by molar-refractivity contribution is 5.79. The topological polar surface area (TPSA) is 33.5 Å². The zero-order chi connectivity index (χ0) is 13.7. The van der Waals surface area contributed by atoms with Gasteiger partial charge in [0.15, 0.2) is 6.04 Å². The molecule has 1 saturated heterocycles. The van der Waals surface area contributed by atoms with E-state index in [1.54, 1.807) is 7.05 Å². The number of likely N-dealkylation sites (tertiary alicyclic amines) is 1. The predicted octanol–water partition coefficient (Wildman–Crippen LogP) is 0.659. The van der Waals surface area contributed by atoms with Crippen LogP contribution in [0.1, 0.15) is 25.3 Å². The summed E-state index contributed by atoms with van der Waals surface area (Å²) in [7, 11) is 1.72. The molecule has 1 atom stereocenters. The number of likely N-dealkylation sites (N-methyl/N-ethyl adjacent to an activating group) is 1. The van der Waals surface area contributed by atoms with Gasteiger partial charge in [0.25, 0.3) is 5.91 Å². The first-order valence-electron chi connectivity index (χ1n) is 7.30. The molecule has 0 unspecified atom stereocenters. The molecule has 1 aromatic carbocycles. The lowest BCUT2D eigenvalue weighted by molar-refractivity contribution is -0.920. The van der Waals surface area contributed by atoms with Gasteiger partial charge in [-0.15, -0.1) is 0 Å². The highest BCUT2D eigenvalue weighted by Crippen LogP contribution is 2.16. The van der Waals surface area contributed by atoms with Crippen LogP contribution in [0.3, 0.4) is 0 Å². The molecule has 0 aliphatic carbocycles. The van der Waals surface area contributed by atoms with Crippen LogP contribution in [0.15, 0.2) is 30.3 Å². The number of piperidine rings is 1. The molecule has 0 saturated carbocycles. The van der Waals surface area contributed by atoms with Crippen LogP contribution < -0.4 is 10.2 Å². The predicted molar refractivity (Wildman–Crippen MR) is 77.1 cm³/mol. The molecule has 19 heavy (non-hydrogen) atoms. The molecule has 2 rings (SSSR count). The first kappa shape index (κ1) is 14.1. The molecule has 1 amide bonds. The van der Waals surface area contributed by atoms with Crippen LogP contribution >= 0.6 is 0 Å². The summed E-state index contributed by atoms with van der Waals surface area (Å²) in [6.45, 7) is 4.27. The van der Waals surface area contributed by atoms with E-state index in [1.165, 1.54) is 29.7 Å². The molecule has 3 heteroatoms. The van der Waals surface area contributed by atoms with Crippen LogP contribution in [0.4, 0.5) is 0 Å². The summed E-state index contributed by atoms with van der Waals surface area (Å²) in [6, 6.07) is 10.8. The molecule has 0 bridgehead atoms. The van der Waals surface area contributed by atoms with Gasteiger partial charge in [-0.1, -0.05) is 30.3 Å². The van der Waals surface area contributed by atoms with Crippen molar-refractivity contribution in [3.63, 3.8) is 0 Å². The van der Waals surface area contributed by atoms with E-state index >= 15 is 0 Å². The molecule has 1 aromatic rings. The Morgan fingerprint density at radius 1 is 1.32 bits per heavy atom. The Kier molecular flexibility index (Phi) is 4.97. The second-order valence-electron chi connectivity index (χ2n) is 5.63. The van der Waals surface area contributed by atoms with Gasteiger partial charge in [-0.05, 0) is 37.7 Å². The summed E-state index contributed by atoms with van der Waals surface area (Å²) in [5.41, 5.74) is 1.44. The van der Waals surface area contributed by atoms with Gasteiger partial charge in [0, 0.05) is 7.05 Å². The first-order chi connectivity index (χ1) is 9.20. The molecule has 3 nitrogen and oxygen atoms in total. The van der Waals surface area contributed by atoms with Gasteiger partial charge in [0.05, 0.1) is 13.1 Å². The van der Waals surface area contributed by atoms with E-state index in [2.05, 4.69) is 35.6 Å². The Balaban J connectivity index is 1.81. The van der Waals surface area contributed by atoms with Crippen molar-refractivity contribution in [2.24, 2.45) is 5.92 Å². The minimum absolute atomic E-state index is 0.0858. The van der Waals surface area contributed by atoms with Crippen molar-refractivity contribution >= 4 is 5.91 Å². The lowest BCUT2D eigenvalue weighted by Crippen LogP contribution is -3.17. The summed E-state index contributed by atoms with van der Waals surface area (Å²) < 4.78 is 0. The van der Waals surface area contributed by atoms with E-state index in [0.29, 0.717) is 0 Å². The second kappa shape index (κ2) is 6.71. The fourth-order valence-corrected chi connectivity index (χ4v) is 3.03. The lowest BCUT2D eigenvalue weighted by atomic mass is 9.89. The first-order valence-corrected chi connectivity index (χ1v) is 7.30. The maximum Gasteiger partial charge on any atom is 0.277 e. The summed E-state index contributed by atoms with van der Waals surface area (Å²) in [5, 5.41) is 2.75. The van der Waals surface area contributed by atoms with Gasteiger partial charge in [0.1, 0.15) is 0 Å². The molecule has 104 valence electrons. The van der Waals surface area contributed by atoms with Crippen molar-refractivity contribution < 1.29 is 9.69 Å². The maximum atomic E-state index is 11.7. The lowest BCUT2D eigenvalue weighted by Gasteiger charge is -2.32. The van der Waals surface area contributed by atoms with Gasteiger partial charge in [-0.3, -0.25) is 4.79 Å². The highest BCUT2D eigenvalue weighted by atomic mass is 16.2.